The van der Waals surface area contributed by atoms with Crippen LogP contribution < -0.4 is 0 Å². The largest absolute Gasteiger partial charge is 0.365 e. The highest BCUT2D eigenvalue weighted by Gasteiger charge is 2.24. The molecule has 1 aromatic rings. The third-order valence-corrected chi connectivity index (χ3v) is 5.96. The molecule has 2 heterocycles. The maximum atomic E-state index is 11.8. The number of hydrogen-bond acceptors (Lipinski definition) is 5. The van der Waals surface area contributed by atoms with Crippen LogP contribution in [0.25, 0.3) is 0 Å². The van der Waals surface area contributed by atoms with Gasteiger partial charge >= 0.3 is 0 Å². The second kappa shape index (κ2) is 8.13. The van der Waals surface area contributed by atoms with E-state index in [0.29, 0.717) is 26.2 Å². The van der Waals surface area contributed by atoms with E-state index in [1.807, 2.05) is 18.3 Å². The molecule has 0 saturated carbocycles. The van der Waals surface area contributed by atoms with Crippen LogP contribution >= 0.6 is 0 Å². The zero-order valence-corrected chi connectivity index (χ0v) is 15.5. The summed E-state index contributed by atoms with van der Waals surface area (Å²) in [5.41, 5.74) is 1.13. The molecule has 2 rings (SSSR count). The average Bonchev–Trinajstić information content (AvgIpc) is 2.89. The number of rotatable bonds is 7. The zero-order valence-electron chi connectivity index (χ0n) is 14.6. The van der Waals surface area contributed by atoms with E-state index in [1.54, 1.807) is 21.0 Å². The first-order valence-electron chi connectivity index (χ1n) is 8.19. The summed E-state index contributed by atoms with van der Waals surface area (Å²) in [7, 11) is 0.399. The predicted molar refractivity (Wildman–Crippen MR) is 92.5 cm³/mol. The van der Waals surface area contributed by atoms with Crippen molar-refractivity contribution in [1.29, 1.82) is 0 Å². The minimum absolute atomic E-state index is 0.0371. The highest BCUT2D eigenvalue weighted by atomic mass is 32.2. The van der Waals surface area contributed by atoms with E-state index in [0.717, 1.165) is 5.69 Å². The molecule has 1 atom stereocenters. The molecule has 1 amide bonds. The Morgan fingerprint density at radius 3 is 2.79 bits per heavy atom. The maximum Gasteiger partial charge on any atom is 0.248 e. The van der Waals surface area contributed by atoms with E-state index >= 15 is 0 Å². The number of carbonyl (C=O) groups excluding carboxylic acids is 1. The van der Waals surface area contributed by atoms with Gasteiger partial charge in [0.2, 0.25) is 5.91 Å². The molecule has 0 aromatic carbocycles. The maximum absolute atomic E-state index is 11.8. The van der Waals surface area contributed by atoms with E-state index in [-0.39, 0.29) is 30.1 Å². The summed E-state index contributed by atoms with van der Waals surface area (Å²) in [6.45, 7) is 4.15. The lowest BCUT2D eigenvalue weighted by molar-refractivity contribution is -0.136. The summed E-state index contributed by atoms with van der Waals surface area (Å²) in [6.07, 6.45) is 1.85. The molecule has 7 nitrogen and oxygen atoms in total. The Hall–Kier alpha value is -1.38. The number of fused-ring (bicyclic) bond motifs is 1. The molecule has 1 aliphatic heterocycles. The van der Waals surface area contributed by atoms with Gasteiger partial charge in [0.15, 0.2) is 9.84 Å². The van der Waals surface area contributed by atoms with Crippen molar-refractivity contribution >= 4 is 15.7 Å². The Morgan fingerprint density at radius 1 is 1.38 bits per heavy atom. The first-order valence-corrected chi connectivity index (χ1v) is 10.0. The fourth-order valence-electron chi connectivity index (χ4n) is 2.64. The zero-order chi connectivity index (χ0) is 17.7. The average molecular weight is 357 g/mol. The molecule has 0 bridgehead atoms. The van der Waals surface area contributed by atoms with Gasteiger partial charge in [-0.25, -0.2) is 8.42 Å². The summed E-state index contributed by atoms with van der Waals surface area (Å²) in [4.78, 5) is 15.3. The molecule has 1 aliphatic rings. The van der Waals surface area contributed by atoms with Crippen molar-refractivity contribution in [3.8, 4) is 0 Å². The Balaban J connectivity index is 2.02. The first kappa shape index (κ1) is 19.0. The Morgan fingerprint density at radius 2 is 2.12 bits per heavy atom. The van der Waals surface area contributed by atoms with Gasteiger partial charge in [0.1, 0.15) is 6.61 Å². The number of aromatic nitrogens is 1. The molecule has 1 aromatic heterocycles. The number of ether oxygens (including phenoxy) is 1. The lowest BCUT2D eigenvalue weighted by Crippen LogP contribution is -2.38. The highest BCUT2D eigenvalue weighted by molar-refractivity contribution is 7.91. The van der Waals surface area contributed by atoms with Crippen LogP contribution in [0.15, 0.2) is 18.3 Å². The number of nitrogens with zero attached hydrogens (tertiary/aromatic N) is 3. The van der Waals surface area contributed by atoms with Gasteiger partial charge < -0.3 is 14.2 Å². The lowest BCUT2D eigenvalue weighted by atomic mass is 10.3. The summed E-state index contributed by atoms with van der Waals surface area (Å²) in [5, 5.41) is 0. The smallest absolute Gasteiger partial charge is 0.248 e. The fraction of sp³-hybridized carbons (Fsp3) is 0.688. The van der Waals surface area contributed by atoms with Gasteiger partial charge in [-0.1, -0.05) is 6.92 Å². The topological polar surface area (TPSA) is 71.9 Å². The summed E-state index contributed by atoms with van der Waals surface area (Å²) >= 11 is 0. The normalized spacial score (nSPS) is 18.9. The van der Waals surface area contributed by atoms with Crippen LogP contribution in [-0.4, -0.2) is 80.1 Å². The molecular weight excluding hydrogens is 330 g/mol. The second-order valence-electron chi connectivity index (χ2n) is 6.34. The van der Waals surface area contributed by atoms with Crippen molar-refractivity contribution in [3.63, 3.8) is 0 Å². The van der Waals surface area contributed by atoms with Gasteiger partial charge in [0.25, 0.3) is 0 Å². The number of amides is 1. The standard InChI is InChI=1S/C16H27N3O4S/c1-4-24(21,22)9-8-18-10-14-6-5-7-19(14)12-15(11-18)23-13-16(20)17(2)3/h5-7,15H,4,8-13H2,1-3H3. The number of carbonyl (C=O) groups is 1. The quantitative estimate of drug-likeness (QED) is 0.698. The molecule has 0 saturated heterocycles. The van der Waals surface area contributed by atoms with Gasteiger partial charge in [-0.15, -0.1) is 0 Å². The summed E-state index contributed by atoms with van der Waals surface area (Å²) in [6, 6.07) is 4.01. The van der Waals surface area contributed by atoms with E-state index in [4.69, 9.17) is 4.74 Å². The monoisotopic (exact) mass is 357 g/mol. The van der Waals surface area contributed by atoms with Crippen LogP contribution in [-0.2, 0) is 32.5 Å². The van der Waals surface area contributed by atoms with E-state index in [1.165, 1.54) is 4.90 Å². The van der Waals surface area contributed by atoms with E-state index < -0.39 is 9.84 Å². The van der Waals surface area contributed by atoms with E-state index in [2.05, 4.69) is 9.47 Å². The lowest BCUT2D eigenvalue weighted by Gasteiger charge is -2.24. The van der Waals surface area contributed by atoms with Crippen LogP contribution in [0.1, 0.15) is 12.6 Å². The van der Waals surface area contributed by atoms with Crippen LogP contribution in [0.5, 0.6) is 0 Å². The van der Waals surface area contributed by atoms with Gasteiger partial charge in [-0.2, -0.15) is 0 Å². The third kappa shape index (κ3) is 5.32. The van der Waals surface area contributed by atoms with Crippen LogP contribution in [0.4, 0.5) is 0 Å². The molecule has 1 unspecified atom stereocenters. The Kier molecular flexibility index (Phi) is 6.42. The number of likely N-dealkylation sites (N-methyl/N-ethyl adjacent to an activating group) is 1. The molecule has 8 heteroatoms. The summed E-state index contributed by atoms with van der Waals surface area (Å²) < 4.78 is 31.5. The minimum Gasteiger partial charge on any atom is -0.365 e. The molecular formula is C16H27N3O4S. The van der Waals surface area contributed by atoms with Gasteiger partial charge in [0.05, 0.1) is 11.9 Å². The van der Waals surface area contributed by atoms with Crippen LogP contribution in [0.3, 0.4) is 0 Å². The molecule has 136 valence electrons. The molecule has 24 heavy (non-hydrogen) atoms. The Labute approximate surface area is 144 Å². The number of sulfone groups is 1. The van der Waals surface area contributed by atoms with Crippen LogP contribution in [0.2, 0.25) is 0 Å². The number of hydrogen-bond donors (Lipinski definition) is 0. The first-order chi connectivity index (χ1) is 11.3. The van der Waals surface area contributed by atoms with Gasteiger partial charge in [-0.05, 0) is 12.1 Å². The van der Waals surface area contributed by atoms with E-state index in [9.17, 15) is 13.2 Å². The van der Waals surface area contributed by atoms with Crippen molar-refractivity contribution in [3.05, 3.63) is 24.0 Å². The van der Waals surface area contributed by atoms with Crippen molar-refractivity contribution in [2.75, 3.05) is 45.3 Å². The fourth-order valence-corrected chi connectivity index (χ4v) is 3.46. The third-order valence-electron chi connectivity index (χ3n) is 4.27. The molecule has 0 fully saturated rings. The van der Waals surface area contributed by atoms with Gasteiger partial charge in [0, 0.05) is 57.9 Å². The highest BCUT2D eigenvalue weighted by Crippen LogP contribution is 2.15. The van der Waals surface area contributed by atoms with Crippen molar-refractivity contribution < 1.29 is 17.9 Å². The Bertz CT molecular complexity index is 654. The minimum atomic E-state index is -3.00. The van der Waals surface area contributed by atoms with Crippen LogP contribution in [0, 0.1) is 0 Å². The SMILES string of the molecule is CCS(=O)(=O)CCN1Cc2cccn2CC(OCC(=O)N(C)C)C1. The molecule has 0 radical (unpaired) electrons. The van der Waals surface area contributed by atoms with Crippen molar-refractivity contribution in [1.82, 2.24) is 14.4 Å². The van der Waals surface area contributed by atoms with Gasteiger partial charge in [-0.3, -0.25) is 9.69 Å². The second-order valence-corrected chi connectivity index (χ2v) is 8.82. The predicted octanol–water partition coefficient (Wildman–Crippen LogP) is 0.212. The molecule has 0 N–H and O–H groups in total. The van der Waals surface area contributed by atoms with Crippen molar-refractivity contribution in [2.24, 2.45) is 0 Å². The summed E-state index contributed by atoms with van der Waals surface area (Å²) in [5.74, 6) is 0.231. The van der Waals surface area contributed by atoms with Crippen molar-refractivity contribution in [2.45, 2.75) is 26.1 Å². The molecule has 0 spiro atoms. The molecule has 0 aliphatic carbocycles.